The number of aromatic nitrogens is 2. The van der Waals surface area contributed by atoms with Crippen molar-refractivity contribution in [3.63, 3.8) is 0 Å². The first kappa shape index (κ1) is 30.2. The average molecular weight is 588 g/mol. The third-order valence-electron chi connectivity index (χ3n) is 5.63. The molecule has 0 spiro atoms. The van der Waals surface area contributed by atoms with E-state index in [-0.39, 0.29) is 11.5 Å². The van der Waals surface area contributed by atoms with Crippen molar-refractivity contribution in [2.24, 2.45) is 0 Å². The second-order valence-corrected chi connectivity index (χ2v) is 12.7. The molecule has 39 heavy (non-hydrogen) atoms. The molecule has 0 saturated heterocycles. The Hall–Kier alpha value is -3.35. The Balaban J connectivity index is 1.74. The number of nitrogens with one attached hydrogen (secondary N) is 2. The van der Waals surface area contributed by atoms with E-state index in [2.05, 4.69) is 21.7 Å². The van der Waals surface area contributed by atoms with Crippen LogP contribution < -0.4 is 10.6 Å². The third kappa shape index (κ3) is 8.57. The maximum absolute atomic E-state index is 13.1. The first-order valence-electron chi connectivity index (χ1n) is 12.1. The van der Waals surface area contributed by atoms with Gasteiger partial charge in [0.05, 0.1) is 17.5 Å². The van der Waals surface area contributed by atoms with Gasteiger partial charge < -0.3 is 15.5 Å². The van der Waals surface area contributed by atoms with Crippen LogP contribution in [0.3, 0.4) is 0 Å². The summed E-state index contributed by atoms with van der Waals surface area (Å²) in [5.41, 5.74) is 3.94. The van der Waals surface area contributed by atoms with Gasteiger partial charge in [0.15, 0.2) is 5.13 Å². The molecule has 9 nitrogen and oxygen atoms in total. The van der Waals surface area contributed by atoms with Crippen LogP contribution >= 0.6 is 23.1 Å². The van der Waals surface area contributed by atoms with E-state index in [1.54, 1.807) is 11.8 Å². The zero-order chi connectivity index (χ0) is 28.6. The Bertz CT molecular complexity index is 1470. The molecule has 2 N–H and O–H groups in total. The van der Waals surface area contributed by atoms with Crippen LogP contribution in [-0.4, -0.2) is 72.5 Å². The lowest BCUT2D eigenvalue weighted by molar-refractivity contribution is -0.118. The van der Waals surface area contributed by atoms with Gasteiger partial charge in [-0.2, -0.15) is 11.8 Å². The molecule has 0 aliphatic rings. The van der Waals surface area contributed by atoms with Gasteiger partial charge in [-0.1, -0.05) is 24.3 Å². The van der Waals surface area contributed by atoms with Crippen LogP contribution in [-0.2, 0) is 14.8 Å². The van der Waals surface area contributed by atoms with Gasteiger partial charge in [0.1, 0.15) is 6.04 Å². The molecule has 2 amide bonds. The summed E-state index contributed by atoms with van der Waals surface area (Å²) in [7, 11) is 0.428. The Morgan fingerprint density at radius 1 is 1.23 bits per heavy atom. The van der Waals surface area contributed by atoms with Crippen molar-refractivity contribution < 1.29 is 18.0 Å². The molecule has 0 bridgehead atoms. The molecule has 3 aromatic rings. The lowest BCUT2D eigenvalue weighted by atomic mass is 10.0. The number of amides is 2. The number of hydrogen-bond donors (Lipinski definition) is 2. The molecule has 2 aromatic heterocycles. The normalized spacial score (nSPS) is 12.9. The number of benzene rings is 1. The monoisotopic (exact) mass is 587 g/mol. The number of thioether (sulfide) groups is 1. The first-order chi connectivity index (χ1) is 18.5. The highest BCUT2D eigenvalue weighted by atomic mass is 32.2. The highest BCUT2D eigenvalue weighted by Gasteiger charge is 2.23. The van der Waals surface area contributed by atoms with Gasteiger partial charge in [-0.25, -0.2) is 13.4 Å². The van der Waals surface area contributed by atoms with Crippen LogP contribution in [0.4, 0.5) is 5.13 Å². The van der Waals surface area contributed by atoms with Gasteiger partial charge in [0.2, 0.25) is 15.9 Å². The van der Waals surface area contributed by atoms with E-state index in [1.807, 2.05) is 74.1 Å². The van der Waals surface area contributed by atoms with Gasteiger partial charge in [0, 0.05) is 37.4 Å². The van der Waals surface area contributed by atoms with Crippen LogP contribution in [0.1, 0.15) is 29.3 Å². The maximum atomic E-state index is 13.1. The number of thiazole rings is 1. The average Bonchev–Trinajstić information content (AvgIpc) is 3.57. The lowest BCUT2D eigenvalue weighted by Gasteiger charge is -2.17. The van der Waals surface area contributed by atoms with E-state index in [0.717, 1.165) is 32.6 Å². The van der Waals surface area contributed by atoms with Crippen molar-refractivity contribution in [1.82, 2.24) is 19.2 Å². The Morgan fingerprint density at radius 3 is 2.64 bits per heavy atom. The van der Waals surface area contributed by atoms with Crippen molar-refractivity contribution in [1.29, 1.82) is 0 Å². The molecule has 0 aliphatic carbocycles. The molecule has 0 aliphatic heterocycles. The van der Waals surface area contributed by atoms with Gasteiger partial charge in [0.25, 0.3) is 5.91 Å². The van der Waals surface area contributed by atoms with Crippen LogP contribution in [0.5, 0.6) is 0 Å². The predicted molar refractivity (Wildman–Crippen MR) is 162 cm³/mol. The SMILES string of the molecule is C/C=C(\C=C/N(C)C)c1cccc(-c2csc(NC(=O)C(CCSC)NC(=O)c3ccn(S(C)(=O)=O)c3)n2)c1. The largest absolute Gasteiger partial charge is 0.383 e. The van der Waals surface area contributed by atoms with Gasteiger partial charge in [-0.3, -0.25) is 13.6 Å². The Morgan fingerprint density at radius 2 is 2.00 bits per heavy atom. The van der Waals surface area contributed by atoms with Crippen LogP contribution in [0.2, 0.25) is 0 Å². The quantitative estimate of drug-likeness (QED) is 0.302. The predicted octanol–water partition coefficient (Wildman–Crippen LogP) is 4.39. The minimum Gasteiger partial charge on any atom is -0.383 e. The van der Waals surface area contributed by atoms with E-state index in [9.17, 15) is 18.0 Å². The zero-order valence-corrected chi connectivity index (χ0v) is 25.0. The highest BCUT2D eigenvalue weighted by molar-refractivity contribution is 7.98. The summed E-state index contributed by atoms with van der Waals surface area (Å²) in [5.74, 6) is -0.272. The second kappa shape index (κ2) is 13.6. The van der Waals surface area contributed by atoms with Crippen molar-refractivity contribution in [3.05, 3.63) is 77.6 Å². The molecular weight excluding hydrogens is 555 g/mol. The molecule has 1 unspecified atom stereocenters. The molecule has 0 fully saturated rings. The fourth-order valence-electron chi connectivity index (χ4n) is 3.57. The fourth-order valence-corrected chi connectivity index (χ4v) is 5.35. The summed E-state index contributed by atoms with van der Waals surface area (Å²) in [6, 6.07) is 8.62. The zero-order valence-electron chi connectivity index (χ0n) is 22.5. The topological polar surface area (TPSA) is 113 Å². The number of rotatable bonds is 12. The van der Waals surface area contributed by atoms with Crippen molar-refractivity contribution in [2.45, 2.75) is 19.4 Å². The second-order valence-electron chi connectivity index (χ2n) is 8.93. The minimum absolute atomic E-state index is 0.153. The molecule has 0 saturated carbocycles. The standard InChI is InChI=1S/C27H33N5O4S3/c1-6-19(10-13-31(2)3)20-8-7-9-21(16-20)24-18-38-27(29-24)30-26(34)23(12-15-37-4)28-25(33)22-11-14-32(17-22)39(5,35)36/h6-11,13-14,16-18,23H,12,15H2,1-5H3,(H,28,33)(H,29,30,34)/b13-10-,19-6+. The molecule has 1 atom stereocenters. The van der Waals surface area contributed by atoms with E-state index in [0.29, 0.717) is 17.3 Å². The smallest absolute Gasteiger partial charge is 0.253 e. The number of carbonyl (C=O) groups excluding carboxylic acids is 2. The van der Waals surface area contributed by atoms with Crippen molar-refractivity contribution >= 4 is 55.6 Å². The van der Waals surface area contributed by atoms with Crippen LogP contribution in [0.25, 0.3) is 16.8 Å². The van der Waals surface area contributed by atoms with Gasteiger partial charge >= 0.3 is 0 Å². The molecular formula is C27H33N5O4S3. The summed E-state index contributed by atoms with van der Waals surface area (Å²) >= 11 is 2.86. The number of allylic oxidation sites excluding steroid dienone is 3. The van der Waals surface area contributed by atoms with Crippen LogP contribution in [0, 0.1) is 0 Å². The summed E-state index contributed by atoms with van der Waals surface area (Å²) in [6.45, 7) is 1.99. The fraction of sp³-hybridized carbons (Fsp3) is 0.296. The van der Waals surface area contributed by atoms with Crippen molar-refractivity contribution in [2.75, 3.05) is 37.7 Å². The summed E-state index contributed by atoms with van der Waals surface area (Å²) in [5, 5.41) is 7.85. The van der Waals surface area contributed by atoms with E-state index in [4.69, 9.17) is 0 Å². The van der Waals surface area contributed by atoms with Crippen molar-refractivity contribution in [3.8, 4) is 11.3 Å². The Labute approximate surface area is 238 Å². The van der Waals surface area contributed by atoms with E-state index in [1.165, 1.54) is 29.8 Å². The highest BCUT2D eigenvalue weighted by Crippen LogP contribution is 2.28. The molecule has 3 rings (SSSR count). The van der Waals surface area contributed by atoms with Crippen LogP contribution in [0.15, 0.2) is 66.5 Å². The lowest BCUT2D eigenvalue weighted by Crippen LogP contribution is -2.44. The summed E-state index contributed by atoms with van der Waals surface area (Å²) < 4.78 is 24.4. The molecule has 0 radical (unpaired) electrons. The van der Waals surface area contributed by atoms with Gasteiger partial charge in [-0.05, 0) is 60.9 Å². The number of anilines is 1. The number of hydrogen-bond acceptors (Lipinski definition) is 8. The molecule has 12 heteroatoms. The molecule has 1 aromatic carbocycles. The maximum Gasteiger partial charge on any atom is 0.253 e. The number of nitrogens with zero attached hydrogens (tertiary/aromatic N) is 3. The summed E-state index contributed by atoms with van der Waals surface area (Å²) in [4.78, 5) is 32.5. The minimum atomic E-state index is -3.51. The molecule has 2 heterocycles. The third-order valence-corrected chi connectivity index (χ3v) is 8.03. The number of carbonyl (C=O) groups is 2. The Kier molecular flexibility index (Phi) is 10.6. The molecule has 208 valence electrons. The van der Waals surface area contributed by atoms with E-state index >= 15 is 0 Å². The summed E-state index contributed by atoms with van der Waals surface area (Å²) in [6.07, 6.45) is 12.0. The van der Waals surface area contributed by atoms with E-state index < -0.39 is 22.0 Å². The first-order valence-corrected chi connectivity index (χ1v) is 16.2. The van der Waals surface area contributed by atoms with Gasteiger partial charge in [-0.15, -0.1) is 11.3 Å².